The lowest BCUT2D eigenvalue weighted by molar-refractivity contribution is 0.0616. The number of hydrogen-bond donors (Lipinski definition) is 1. The van der Waals surface area contributed by atoms with Gasteiger partial charge in [-0.1, -0.05) is 58.4 Å². The number of hydrogen-bond acceptors (Lipinski definition) is 5. The maximum absolute atomic E-state index is 13.8. The maximum atomic E-state index is 13.8. The van der Waals surface area contributed by atoms with Crippen LogP contribution < -0.4 is 5.69 Å². The zero-order valence-electron chi connectivity index (χ0n) is 21.6. The van der Waals surface area contributed by atoms with Crippen molar-refractivity contribution in [2.75, 3.05) is 0 Å². The van der Waals surface area contributed by atoms with E-state index < -0.39 is 0 Å². The Morgan fingerprint density at radius 3 is 2.50 bits per heavy atom. The summed E-state index contributed by atoms with van der Waals surface area (Å²) in [6.07, 6.45) is 11.2. The predicted molar refractivity (Wildman–Crippen MR) is 140 cm³/mol. The van der Waals surface area contributed by atoms with Crippen LogP contribution in [0.1, 0.15) is 70.7 Å². The number of aromatic amines is 1. The zero-order valence-corrected chi connectivity index (χ0v) is 21.6. The van der Waals surface area contributed by atoms with E-state index in [1.807, 2.05) is 33.5 Å². The number of aryl methyl sites for hydroxylation is 1. The van der Waals surface area contributed by atoms with E-state index in [9.17, 15) is 4.79 Å². The summed E-state index contributed by atoms with van der Waals surface area (Å²) in [5.41, 5.74) is 5.50. The van der Waals surface area contributed by atoms with Gasteiger partial charge in [-0.15, -0.1) is 5.10 Å². The van der Waals surface area contributed by atoms with Crippen molar-refractivity contribution in [2.24, 2.45) is 11.3 Å². The van der Waals surface area contributed by atoms with Crippen molar-refractivity contribution in [1.82, 2.24) is 34.7 Å². The van der Waals surface area contributed by atoms with E-state index in [0.29, 0.717) is 18.3 Å². The quantitative estimate of drug-likeness (QED) is 0.366. The van der Waals surface area contributed by atoms with Gasteiger partial charge in [0.05, 0.1) is 6.54 Å². The van der Waals surface area contributed by atoms with Gasteiger partial charge in [0.2, 0.25) is 0 Å². The Hall–Kier alpha value is -3.55. The minimum Gasteiger partial charge on any atom is -0.296 e. The van der Waals surface area contributed by atoms with Gasteiger partial charge in [0.25, 0.3) is 0 Å². The van der Waals surface area contributed by atoms with Gasteiger partial charge in [0.1, 0.15) is 0 Å². The fourth-order valence-electron chi connectivity index (χ4n) is 5.43. The highest BCUT2D eigenvalue weighted by molar-refractivity contribution is 5.69. The molecule has 1 aliphatic carbocycles. The van der Waals surface area contributed by atoms with Crippen molar-refractivity contribution in [2.45, 2.75) is 72.4 Å². The first kappa shape index (κ1) is 24.2. The van der Waals surface area contributed by atoms with Gasteiger partial charge in [-0.05, 0) is 70.2 Å². The molecule has 1 saturated carbocycles. The molecule has 3 aromatic heterocycles. The molecule has 8 nitrogen and oxygen atoms in total. The molecule has 0 spiro atoms. The lowest BCUT2D eigenvalue weighted by Gasteiger charge is -2.45. The highest BCUT2D eigenvalue weighted by Gasteiger charge is 2.41. The van der Waals surface area contributed by atoms with Crippen molar-refractivity contribution >= 4 is 0 Å². The monoisotopic (exact) mass is 485 g/mol. The first-order valence-electron chi connectivity index (χ1n) is 12.9. The second-order valence-corrected chi connectivity index (χ2v) is 11.0. The summed E-state index contributed by atoms with van der Waals surface area (Å²) in [6.45, 7) is 9.56. The molecular formula is C28H35N7O. The van der Waals surface area contributed by atoms with Crippen LogP contribution in [0, 0.1) is 11.3 Å². The third-order valence-electron chi connectivity index (χ3n) is 7.63. The van der Waals surface area contributed by atoms with Gasteiger partial charge >= 0.3 is 5.69 Å². The Labute approximate surface area is 211 Å². The number of imidazole rings is 1. The van der Waals surface area contributed by atoms with Crippen molar-refractivity contribution < 1.29 is 0 Å². The number of nitrogens with one attached hydrogen (secondary N) is 1. The molecule has 0 radical (unpaired) electrons. The average molecular weight is 486 g/mol. The van der Waals surface area contributed by atoms with Crippen LogP contribution in [0.25, 0.3) is 22.5 Å². The number of aromatic nitrogens is 7. The molecule has 5 rings (SSSR count). The van der Waals surface area contributed by atoms with E-state index in [1.54, 1.807) is 6.20 Å². The van der Waals surface area contributed by atoms with Crippen LogP contribution in [0.2, 0.25) is 0 Å². The summed E-state index contributed by atoms with van der Waals surface area (Å²) >= 11 is 0. The smallest absolute Gasteiger partial charge is 0.296 e. The molecule has 0 saturated heterocycles. The van der Waals surface area contributed by atoms with E-state index in [2.05, 4.69) is 71.6 Å². The number of unbranched alkanes of at least 4 members (excludes halogenated alkanes) is 1. The van der Waals surface area contributed by atoms with Crippen LogP contribution in [0.15, 0.2) is 53.7 Å². The lowest BCUT2D eigenvalue weighted by Crippen LogP contribution is -2.42. The first-order valence-corrected chi connectivity index (χ1v) is 12.9. The van der Waals surface area contributed by atoms with Gasteiger partial charge in [-0.25, -0.2) is 9.89 Å². The van der Waals surface area contributed by atoms with E-state index in [0.717, 1.165) is 53.6 Å². The van der Waals surface area contributed by atoms with Crippen LogP contribution in [0.3, 0.4) is 0 Å². The minimum absolute atomic E-state index is 0.100. The van der Waals surface area contributed by atoms with Crippen molar-refractivity contribution in [3.8, 4) is 22.5 Å². The van der Waals surface area contributed by atoms with Crippen LogP contribution >= 0.6 is 0 Å². The summed E-state index contributed by atoms with van der Waals surface area (Å²) in [6, 6.07) is 10.4. The van der Waals surface area contributed by atoms with E-state index in [4.69, 9.17) is 0 Å². The summed E-state index contributed by atoms with van der Waals surface area (Å²) in [5, 5.41) is 14.1. The van der Waals surface area contributed by atoms with Crippen molar-refractivity contribution in [3.05, 3.63) is 70.7 Å². The summed E-state index contributed by atoms with van der Waals surface area (Å²) < 4.78 is 4.00. The van der Waals surface area contributed by atoms with Crippen LogP contribution in [0.5, 0.6) is 0 Å². The van der Waals surface area contributed by atoms with Crippen molar-refractivity contribution in [3.63, 3.8) is 0 Å². The molecule has 1 aliphatic rings. The third kappa shape index (κ3) is 4.64. The van der Waals surface area contributed by atoms with Crippen LogP contribution in [0.4, 0.5) is 0 Å². The number of nitrogens with zero attached hydrogens (tertiary/aromatic N) is 6. The molecule has 1 fully saturated rings. The molecule has 1 N–H and O–H groups in total. The maximum Gasteiger partial charge on any atom is 0.328 e. The summed E-state index contributed by atoms with van der Waals surface area (Å²) in [7, 11) is 0. The molecule has 0 aliphatic heterocycles. The molecule has 8 heteroatoms. The highest BCUT2D eigenvalue weighted by Crippen LogP contribution is 2.48. The second kappa shape index (κ2) is 9.84. The van der Waals surface area contributed by atoms with Gasteiger partial charge < -0.3 is 0 Å². The Morgan fingerprint density at radius 2 is 1.86 bits per heavy atom. The molecule has 4 aromatic rings. The Bertz CT molecular complexity index is 1360. The Morgan fingerprint density at radius 1 is 1.08 bits per heavy atom. The zero-order chi connectivity index (χ0) is 25.3. The number of H-pyrrole nitrogens is 1. The minimum atomic E-state index is 0.100. The predicted octanol–water partition coefficient (Wildman–Crippen LogP) is 5.28. The molecule has 0 amide bonds. The second-order valence-electron chi connectivity index (χ2n) is 11.0. The largest absolute Gasteiger partial charge is 0.328 e. The average Bonchev–Trinajstić information content (AvgIpc) is 3.47. The Balaban J connectivity index is 1.48. The normalized spacial score (nSPS) is 17.8. The number of pyridine rings is 1. The van der Waals surface area contributed by atoms with Gasteiger partial charge in [0.15, 0.2) is 5.82 Å². The SMILES string of the molecule is CCCCc1cn(C2CCC2C(C)(C)C)c(=O)n1Cc1cnccc1-c1ccc(-c2nnn[nH]2)cc1. The molecule has 36 heavy (non-hydrogen) atoms. The van der Waals surface area contributed by atoms with Gasteiger partial charge in [-0.2, -0.15) is 0 Å². The van der Waals surface area contributed by atoms with Crippen LogP contribution in [-0.2, 0) is 13.0 Å². The van der Waals surface area contributed by atoms with E-state index in [1.165, 1.54) is 6.42 Å². The topological polar surface area (TPSA) is 94.3 Å². The first-order chi connectivity index (χ1) is 17.4. The molecule has 0 bridgehead atoms. The molecule has 188 valence electrons. The van der Waals surface area contributed by atoms with Crippen LogP contribution in [-0.4, -0.2) is 34.7 Å². The molecule has 2 atom stereocenters. The summed E-state index contributed by atoms with van der Waals surface area (Å²) in [5.74, 6) is 1.16. The van der Waals surface area contributed by atoms with Crippen molar-refractivity contribution in [1.29, 1.82) is 0 Å². The van der Waals surface area contributed by atoms with Gasteiger partial charge in [0, 0.05) is 35.9 Å². The fraction of sp³-hybridized carbons (Fsp3) is 0.464. The molecule has 3 heterocycles. The molecule has 2 unspecified atom stereocenters. The summed E-state index contributed by atoms with van der Waals surface area (Å²) in [4.78, 5) is 18.2. The Kier molecular flexibility index (Phi) is 6.60. The third-order valence-corrected chi connectivity index (χ3v) is 7.63. The molecular weight excluding hydrogens is 450 g/mol. The fourth-order valence-corrected chi connectivity index (χ4v) is 5.43. The lowest BCUT2D eigenvalue weighted by atomic mass is 9.65. The molecule has 1 aromatic carbocycles. The standard InChI is InChI=1S/C28H35N7O/c1-5-6-7-22-18-35(25-13-12-24(25)28(2,3)4)27(36)34(22)17-21-16-29-15-14-23(21)19-8-10-20(11-9-19)26-30-32-33-31-26/h8-11,14-16,18,24-25H,5-7,12-13,17H2,1-4H3,(H,30,31,32,33). The van der Waals surface area contributed by atoms with E-state index in [-0.39, 0.29) is 17.1 Å². The van der Waals surface area contributed by atoms with Gasteiger partial charge in [-0.3, -0.25) is 14.1 Å². The number of tetrazole rings is 1. The highest BCUT2D eigenvalue weighted by atomic mass is 16.1. The number of rotatable bonds is 8. The van der Waals surface area contributed by atoms with E-state index >= 15 is 0 Å². The number of benzene rings is 1.